The first kappa shape index (κ1) is 36.7. The molecule has 6 heteroatoms. The summed E-state index contributed by atoms with van der Waals surface area (Å²) in [4.78, 5) is 6.38. The third-order valence-corrected chi connectivity index (χ3v) is 9.19. The van der Waals surface area contributed by atoms with Gasteiger partial charge >= 0.3 is 0 Å². The van der Waals surface area contributed by atoms with Crippen molar-refractivity contribution >= 4 is 62.4 Å². The summed E-state index contributed by atoms with van der Waals surface area (Å²) < 4.78 is 4.45. The molecule has 0 aliphatic carbocycles. The molecule has 2 unspecified atom stereocenters. The van der Waals surface area contributed by atoms with Crippen LogP contribution in [0.25, 0.3) is 43.6 Å². The van der Waals surface area contributed by atoms with E-state index in [1.165, 1.54) is 79.0 Å². The van der Waals surface area contributed by atoms with Crippen LogP contribution in [0.1, 0.15) is 75.9 Å². The van der Waals surface area contributed by atoms with E-state index in [4.69, 9.17) is 0 Å². The van der Waals surface area contributed by atoms with Crippen LogP contribution in [0.15, 0.2) is 122 Å². The molecule has 4 aromatic carbocycles. The van der Waals surface area contributed by atoms with Crippen molar-refractivity contribution in [2.45, 2.75) is 67.2 Å². The summed E-state index contributed by atoms with van der Waals surface area (Å²) in [6.45, 7) is 15.0. The monoisotopic (exact) mass is 674 g/mol. The largest absolute Gasteiger partial charge is 0.361 e. The minimum atomic E-state index is 0.315. The first-order valence-electron chi connectivity index (χ1n) is 17.0. The molecule has 0 aliphatic rings. The summed E-state index contributed by atoms with van der Waals surface area (Å²) in [6, 6.07) is 38.2. The van der Waals surface area contributed by atoms with Gasteiger partial charge in [0, 0.05) is 62.3 Å². The number of para-hydroxylation sites is 4. The zero-order valence-corrected chi connectivity index (χ0v) is 31.9. The van der Waals surface area contributed by atoms with Crippen molar-refractivity contribution in [3.8, 4) is 0 Å². The lowest BCUT2D eigenvalue weighted by molar-refractivity contribution is 0.834. The molecule has 0 amide bonds. The summed E-state index contributed by atoms with van der Waals surface area (Å²) in [5.74, 6) is 0.315. The Labute approximate surface area is 291 Å². The Bertz CT molecular complexity index is 2010. The lowest BCUT2D eigenvalue weighted by Crippen LogP contribution is -2.02. The highest BCUT2D eigenvalue weighted by molar-refractivity contribution is 7.15. The van der Waals surface area contributed by atoms with Crippen LogP contribution in [0.3, 0.4) is 0 Å². The van der Waals surface area contributed by atoms with Crippen molar-refractivity contribution < 1.29 is 0 Å². The van der Waals surface area contributed by atoms with E-state index >= 15 is 0 Å². The van der Waals surface area contributed by atoms with Crippen LogP contribution >= 0.6 is 18.8 Å². The van der Waals surface area contributed by atoms with Crippen molar-refractivity contribution in [1.29, 1.82) is 0 Å². The van der Waals surface area contributed by atoms with Gasteiger partial charge in [-0.25, -0.2) is 0 Å². The molecule has 0 fully saturated rings. The molecule has 4 heterocycles. The van der Waals surface area contributed by atoms with Gasteiger partial charge in [-0.15, -0.1) is 0 Å². The van der Waals surface area contributed by atoms with Crippen LogP contribution in [-0.4, -0.2) is 18.6 Å². The molecule has 0 saturated carbocycles. The maximum Gasteiger partial charge on any atom is 0.0511 e. The molecule has 4 nitrogen and oxygen atoms in total. The number of nitrogens with zero attached hydrogens (tertiary/aromatic N) is 2. The molecule has 2 atom stereocenters. The van der Waals surface area contributed by atoms with Crippen molar-refractivity contribution in [2.24, 2.45) is 0 Å². The van der Waals surface area contributed by atoms with Gasteiger partial charge in [-0.05, 0) is 80.2 Å². The SMILES string of the molecule is CC(c1cc2ccccc2n1P)c1cc2ccccc2n1P.CCC.CCC.Cc1c[nH]c2ccccc12.Cc1c[nH]c2ccccc12. The number of aromatic amines is 2. The molecule has 0 spiro atoms. The van der Waals surface area contributed by atoms with Crippen molar-refractivity contribution in [1.82, 2.24) is 18.6 Å². The van der Waals surface area contributed by atoms with Gasteiger partial charge in [0.25, 0.3) is 0 Å². The van der Waals surface area contributed by atoms with Gasteiger partial charge in [0.05, 0.1) is 11.0 Å². The van der Waals surface area contributed by atoms with E-state index < -0.39 is 0 Å². The van der Waals surface area contributed by atoms with Gasteiger partial charge < -0.3 is 18.6 Å². The van der Waals surface area contributed by atoms with Gasteiger partial charge in [0.2, 0.25) is 0 Å². The summed E-state index contributed by atoms with van der Waals surface area (Å²) in [5, 5.41) is 5.21. The Hall–Kier alpha value is -4.10. The molecular formula is C42H52N4P2. The topological polar surface area (TPSA) is 41.4 Å². The summed E-state index contributed by atoms with van der Waals surface area (Å²) >= 11 is 0. The van der Waals surface area contributed by atoms with Gasteiger partial charge in [0.15, 0.2) is 0 Å². The lowest BCUT2D eigenvalue weighted by atomic mass is 10.0. The Morgan fingerprint density at radius 3 is 1.23 bits per heavy atom. The first-order valence-corrected chi connectivity index (χ1v) is 18.0. The Kier molecular flexibility index (Phi) is 13.7. The third-order valence-electron chi connectivity index (χ3n) is 8.04. The van der Waals surface area contributed by atoms with Crippen molar-refractivity contribution in [3.63, 3.8) is 0 Å². The van der Waals surface area contributed by atoms with E-state index in [2.05, 4.69) is 183 Å². The number of rotatable bonds is 2. The van der Waals surface area contributed by atoms with Crippen LogP contribution in [0.5, 0.6) is 0 Å². The second kappa shape index (κ2) is 17.9. The van der Waals surface area contributed by atoms with Gasteiger partial charge in [-0.2, -0.15) is 0 Å². The van der Waals surface area contributed by atoms with Crippen LogP contribution in [0.4, 0.5) is 0 Å². The fourth-order valence-corrected chi connectivity index (χ4v) is 6.71. The average Bonchev–Trinajstić information content (AvgIpc) is 3.87. The zero-order chi connectivity index (χ0) is 34.6. The Morgan fingerprint density at radius 2 is 0.875 bits per heavy atom. The fraction of sp³-hybridized carbons (Fsp3) is 0.238. The Morgan fingerprint density at radius 1 is 0.542 bits per heavy atom. The minimum Gasteiger partial charge on any atom is -0.361 e. The second-order valence-corrected chi connectivity index (χ2v) is 13.2. The zero-order valence-electron chi connectivity index (χ0n) is 29.6. The van der Waals surface area contributed by atoms with Crippen LogP contribution < -0.4 is 0 Å². The molecule has 0 aliphatic heterocycles. The Balaban J connectivity index is 0.000000166. The van der Waals surface area contributed by atoms with E-state index in [0.29, 0.717) is 5.92 Å². The fourth-order valence-electron chi connectivity index (χ4n) is 5.65. The highest BCUT2D eigenvalue weighted by Gasteiger charge is 2.18. The van der Waals surface area contributed by atoms with Crippen LogP contribution in [0, 0.1) is 13.8 Å². The van der Waals surface area contributed by atoms with Gasteiger partial charge in [-0.3, -0.25) is 0 Å². The van der Waals surface area contributed by atoms with Crippen LogP contribution in [-0.2, 0) is 0 Å². The smallest absolute Gasteiger partial charge is 0.0511 e. The third kappa shape index (κ3) is 8.67. The highest BCUT2D eigenvalue weighted by atomic mass is 31.0. The molecule has 0 radical (unpaired) electrons. The number of H-pyrrole nitrogens is 2. The number of fused-ring (bicyclic) bond motifs is 4. The second-order valence-electron chi connectivity index (χ2n) is 12.2. The summed E-state index contributed by atoms with van der Waals surface area (Å²) in [7, 11) is 5.70. The van der Waals surface area contributed by atoms with E-state index in [9.17, 15) is 0 Å². The molecular weight excluding hydrogens is 622 g/mol. The van der Waals surface area contributed by atoms with E-state index in [0.717, 1.165) is 0 Å². The number of hydrogen-bond acceptors (Lipinski definition) is 0. The van der Waals surface area contributed by atoms with E-state index in [1.54, 1.807) is 0 Å². The predicted octanol–water partition coefficient (Wildman–Crippen LogP) is 12.8. The van der Waals surface area contributed by atoms with Gasteiger partial charge in [-0.1, -0.05) is 120 Å². The maximum atomic E-state index is 3.19. The standard InChI is InChI=1S/C18H18N2P2.2C9H9N.2C3H8/c1-12(17-10-13-6-2-4-8-15(13)19(17)21)18-11-14-7-3-5-9-16(14)20(18)22;2*1-7-6-10-9-5-3-2-4-8(7)9;2*1-3-2/h2-12H,21-22H2,1H3;2*2-6,10H,1H3;2*3H2,1-2H3. The average molecular weight is 675 g/mol. The maximum absolute atomic E-state index is 3.19. The molecule has 2 N–H and O–H groups in total. The van der Waals surface area contributed by atoms with Crippen molar-refractivity contribution in [2.75, 3.05) is 0 Å². The molecule has 48 heavy (non-hydrogen) atoms. The first-order chi connectivity index (χ1) is 23.2. The lowest BCUT2D eigenvalue weighted by Gasteiger charge is -2.14. The van der Waals surface area contributed by atoms with Crippen molar-refractivity contribution in [3.05, 3.63) is 144 Å². The van der Waals surface area contributed by atoms with Gasteiger partial charge in [0.1, 0.15) is 0 Å². The van der Waals surface area contributed by atoms with E-state index in [-0.39, 0.29) is 0 Å². The number of hydrogen-bond donors (Lipinski definition) is 2. The normalized spacial score (nSPS) is 10.5. The molecule has 4 aromatic heterocycles. The summed E-state index contributed by atoms with van der Waals surface area (Å²) in [6.07, 6.45) is 6.56. The quantitative estimate of drug-likeness (QED) is 0.171. The summed E-state index contributed by atoms with van der Waals surface area (Å²) in [5.41, 5.74) is 10.2. The van der Waals surface area contributed by atoms with E-state index in [1.807, 2.05) is 24.5 Å². The molecule has 250 valence electrons. The molecule has 8 rings (SSSR count). The molecule has 0 saturated heterocycles. The number of aryl methyl sites for hydroxylation is 2. The molecule has 0 bridgehead atoms. The number of benzene rings is 4. The predicted molar refractivity (Wildman–Crippen MR) is 220 cm³/mol. The number of nitrogens with one attached hydrogen (secondary N) is 2. The number of aromatic nitrogens is 4. The molecule has 8 aromatic rings. The minimum absolute atomic E-state index is 0.315. The van der Waals surface area contributed by atoms with Crippen LogP contribution in [0.2, 0.25) is 0 Å². The highest BCUT2D eigenvalue weighted by Crippen LogP contribution is 2.35.